The second-order valence-corrected chi connectivity index (χ2v) is 7.77. The lowest BCUT2D eigenvalue weighted by Gasteiger charge is -2.37. The molecule has 0 unspecified atom stereocenters. The number of hydrogen-bond acceptors (Lipinski definition) is 4. The van der Waals surface area contributed by atoms with Gasteiger partial charge in [0.25, 0.3) is 0 Å². The van der Waals surface area contributed by atoms with Crippen LogP contribution in [0.1, 0.15) is 35.6 Å². The Kier molecular flexibility index (Phi) is 7.77. The molecule has 0 fully saturated rings. The summed E-state index contributed by atoms with van der Waals surface area (Å²) in [6.07, 6.45) is -3.03. The number of benzene rings is 2. The van der Waals surface area contributed by atoms with Crippen LogP contribution in [-0.4, -0.2) is 44.1 Å². The van der Waals surface area contributed by atoms with Gasteiger partial charge in [-0.2, -0.15) is 13.2 Å². The van der Waals surface area contributed by atoms with E-state index < -0.39 is 17.8 Å². The van der Waals surface area contributed by atoms with E-state index in [0.717, 1.165) is 23.3 Å². The molecule has 0 bridgehead atoms. The first kappa shape index (κ1) is 24.0. The average Bonchev–Trinajstić information content (AvgIpc) is 2.79. The van der Waals surface area contributed by atoms with Gasteiger partial charge in [-0.1, -0.05) is 6.07 Å². The third kappa shape index (κ3) is 5.41. The van der Waals surface area contributed by atoms with Gasteiger partial charge in [0.2, 0.25) is 5.91 Å². The summed E-state index contributed by atoms with van der Waals surface area (Å²) >= 11 is 5.75. The number of carbonyl (C=O) groups excluding carboxylic acids is 1. The van der Waals surface area contributed by atoms with Crippen LogP contribution >= 0.6 is 11.6 Å². The Hall–Kier alpha value is -2.61. The van der Waals surface area contributed by atoms with Crippen LogP contribution in [0.2, 0.25) is 0 Å². The predicted molar refractivity (Wildman–Crippen MR) is 115 cm³/mol. The lowest BCUT2D eigenvalue weighted by atomic mass is 9.91. The largest absolute Gasteiger partial charge is 0.493 e. The normalized spacial score (nSPS) is 15.8. The molecule has 1 heterocycles. The third-order valence-electron chi connectivity index (χ3n) is 5.42. The number of nitrogens with zero attached hydrogens (tertiary/aromatic N) is 1. The van der Waals surface area contributed by atoms with E-state index in [9.17, 15) is 18.0 Å². The second kappa shape index (κ2) is 10.3. The van der Waals surface area contributed by atoms with Gasteiger partial charge in [0.05, 0.1) is 25.8 Å². The fourth-order valence-electron chi connectivity index (χ4n) is 3.81. The van der Waals surface area contributed by atoms with Gasteiger partial charge in [0, 0.05) is 18.8 Å². The summed E-state index contributed by atoms with van der Waals surface area (Å²) in [5.74, 6) is 1.45. The fraction of sp³-hybridized carbons (Fsp3) is 0.435. The molecule has 5 nitrogen and oxygen atoms in total. The molecule has 1 amide bonds. The Bertz CT molecular complexity index is 951. The number of halogens is 4. The van der Waals surface area contributed by atoms with E-state index in [2.05, 4.69) is 0 Å². The van der Waals surface area contributed by atoms with Crippen LogP contribution in [0, 0.1) is 0 Å². The van der Waals surface area contributed by atoms with Crippen molar-refractivity contribution < 1.29 is 32.2 Å². The van der Waals surface area contributed by atoms with Crippen molar-refractivity contribution in [3.05, 3.63) is 53.1 Å². The fourth-order valence-corrected chi connectivity index (χ4v) is 3.94. The molecule has 0 spiro atoms. The first-order chi connectivity index (χ1) is 15.3. The van der Waals surface area contributed by atoms with Crippen LogP contribution in [0.15, 0.2) is 36.4 Å². The molecule has 0 N–H and O–H groups in total. The van der Waals surface area contributed by atoms with Gasteiger partial charge < -0.3 is 19.1 Å². The van der Waals surface area contributed by atoms with Crippen molar-refractivity contribution in [2.75, 3.05) is 33.3 Å². The molecule has 1 aliphatic rings. The maximum Gasteiger partial charge on any atom is 0.416 e. The molecule has 2 aromatic rings. The van der Waals surface area contributed by atoms with Gasteiger partial charge in [0.15, 0.2) is 11.5 Å². The average molecular weight is 472 g/mol. The molecule has 1 aliphatic heterocycles. The third-order valence-corrected chi connectivity index (χ3v) is 5.68. The number of rotatable bonds is 8. The number of methoxy groups -OCH3 is 2. The number of alkyl halides is 4. The number of fused-ring (bicyclic) bond motifs is 1. The summed E-state index contributed by atoms with van der Waals surface area (Å²) < 4.78 is 55.7. The van der Waals surface area contributed by atoms with Crippen molar-refractivity contribution in [1.29, 1.82) is 0 Å². The van der Waals surface area contributed by atoms with Gasteiger partial charge in [0.1, 0.15) is 12.4 Å². The van der Waals surface area contributed by atoms with Gasteiger partial charge in [-0.3, -0.25) is 4.79 Å². The number of amides is 1. The van der Waals surface area contributed by atoms with Gasteiger partial charge >= 0.3 is 6.18 Å². The SMILES string of the molecule is COc1cc2c(cc1OC)[C@H](COc1cccc(C(F)(F)F)c1)N(C(=O)CCCCl)CC2. The second-order valence-electron chi connectivity index (χ2n) is 7.39. The van der Waals surface area contributed by atoms with Gasteiger partial charge in [-0.15, -0.1) is 11.6 Å². The van der Waals surface area contributed by atoms with E-state index in [1.165, 1.54) is 19.2 Å². The summed E-state index contributed by atoms with van der Waals surface area (Å²) in [5, 5.41) is 0. The zero-order chi connectivity index (χ0) is 23.3. The quantitative estimate of drug-likeness (QED) is 0.494. The molecule has 2 aromatic carbocycles. The van der Waals surface area contributed by atoms with Crippen LogP contribution < -0.4 is 14.2 Å². The molecular weight excluding hydrogens is 447 g/mol. The van der Waals surface area contributed by atoms with Gasteiger partial charge in [-0.25, -0.2) is 0 Å². The Morgan fingerprint density at radius 2 is 1.88 bits per heavy atom. The van der Waals surface area contributed by atoms with Crippen molar-refractivity contribution in [3.8, 4) is 17.2 Å². The van der Waals surface area contributed by atoms with Crippen LogP contribution in [-0.2, 0) is 17.4 Å². The highest BCUT2D eigenvalue weighted by molar-refractivity contribution is 6.17. The maximum atomic E-state index is 13.1. The molecule has 0 radical (unpaired) electrons. The maximum absolute atomic E-state index is 13.1. The van der Waals surface area contributed by atoms with Crippen LogP contribution in [0.25, 0.3) is 0 Å². The van der Waals surface area contributed by atoms with E-state index in [0.29, 0.717) is 36.8 Å². The zero-order valence-electron chi connectivity index (χ0n) is 17.9. The molecule has 1 atom stereocenters. The number of ether oxygens (including phenoxy) is 3. The first-order valence-electron chi connectivity index (χ1n) is 10.2. The summed E-state index contributed by atoms with van der Waals surface area (Å²) in [4.78, 5) is 14.6. The van der Waals surface area contributed by atoms with E-state index >= 15 is 0 Å². The molecule has 9 heteroatoms. The lowest BCUT2D eigenvalue weighted by molar-refractivity contribution is -0.137. The minimum atomic E-state index is -4.47. The molecule has 0 saturated heterocycles. The Morgan fingerprint density at radius 3 is 2.53 bits per heavy atom. The minimum Gasteiger partial charge on any atom is -0.493 e. The van der Waals surface area contributed by atoms with E-state index in [-0.39, 0.29) is 24.7 Å². The smallest absolute Gasteiger partial charge is 0.416 e. The Labute approximate surface area is 190 Å². The number of hydrogen-bond donors (Lipinski definition) is 0. The summed E-state index contributed by atoms with van der Waals surface area (Å²) in [5.41, 5.74) is 1.00. The Morgan fingerprint density at radius 1 is 1.16 bits per heavy atom. The van der Waals surface area contributed by atoms with Crippen molar-refractivity contribution in [3.63, 3.8) is 0 Å². The molecule has 0 saturated carbocycles. The minimum absolute atomic E-state index is 0.00356. The predicted octanol–water partition coefficient (Wildman–Crippen LogP) is 5.25. The molecule has 3 rings (SSSR count). The highest BCUT2D eigenvalue weighted by Crippen LogP contribution is 2.39. The number of carbonyl (C=O) groups is 1. The van der Waals surface area contributed by atoms with Crippen molar-refractivity contribution in [2.24, 2.45) is 0 Å². The molecule has 174 valence electrons. The first-order valence-corrected chi connectivity index (χ1v) is 10.7. The summed E-state index contributed by atoms with van der Waals surface area (Å²) in [7, 11) is 3.06. The molecule has 32 heavy (non-hydrogen) atoms. The molecular formula is C23H25ClF3NO4. The van der Waals surface area contributed by atoms with Crippen LogP contribution in [0.3, 0.4) is 0 Å². The van der Waals surface area contributed by atoms with E-state index in [4.69, 9.17) is 25.8 Å². The van der Waals surface area contributed by atoms with Gasteiger partial charge in [-0.05, 0) is 54.3 Å². The van der Waals surface area contributed by atoms with E-state index in [1.807, 2.05) is 6.07 Å². The van der Waals surface area contributed by atoms with Crippen LogP contribution in [0.5, 0.6) is 17.2 Å². The van der Waals surface area contributed by atoms with Crippen LogP contribution in [0.4, 0.5) is 13.2 Å². The Balaban J connectivity index is 1.92. The molecule has 0 aromatic heterocycles. The highest BCUT2D eigenvalue weighted by Gasteiger charge is 2.33. The standard InChI is InChI=1S/C23H25ClF3NO4/c1-30-20-11-15-8-10-28(22(29)7-4-9-24)19(18(15)13-21(20)31-2)14-32-17-6-3-5-16(12-17)23(25,26)27/h3,5-6,11-13,19H,4,7-10,14H2,1-2H3/t19-/m0/s1. The zero-order valence-corrected chi connectivity index (χ0v) is 18.6. The highest BCUT2D eigenvalue weighted by atomic mass is 35.5. The van der Waals surface area contributed by atoms with E-state index in [1.54, 1.807) is 18.1 Å². The van der Waals surface area contributed by atoms with Crippen molar-refractivity contribution >= 4 is 17.5 Å². The monoisotopic (exact) mass is 471 g/mol. The lowest BCUT2D eigenvalue weighted by Crippen LogP contribution is -2.42. The molecule has 0 aliphatic carbocycles. The topological polar surface area (TPSA) is 48.0 Å². The van der Waals surface area contributed by atoms with Crippen molar-refractivity contribution in [2.45, 2.75) is 31.5 Å². The summed E-state index contributed by atoms with van der Waals surface area (Å²) in [6.45, 7) is 0.455. The van der Waals surface area contributed by atoms with Crippen molar-refractivity contribution in [1.82, 2.24) is 4.90 Å². The summed E-state index contributed by atoms with van der Waals surface area (Å²) in [6, 6.07) is 7.88.